The maximum Gasteiger partial charge on any atom is 0.266 e. The Morgan fingerprint density at radius 3 is 2.56 bits per heavy atom. The van der Waals surface area contributed by atoms with Gasteiger partial charge in [0, 0.05) is 23.6 Å². The van der Waals surface area contributed by atoms with Gasteiger partial charge in [0.15, 0.2) is 0 Å². The van der Waals surface area contributed by atoms with Gasteiger partial charge in [0.25, 0.3) is 5.56 Å². The molecule has 0 bridgehead atoms. The fourth-order valence-electron chi connectivity index (χ4n) is 2.86. The zero-order valence-electron chi connectivity index (χ0n) is 14.9. The lowest BCUT2D eigenvalue weighted by Gasteiger charge is -2.05. The highest BCUT2D eigenvalue weighted by Crippen LogP contribution is 2.20. The Bertz CT molecular complexity index is 1120. The van der Waals surface area contributed by atoms with E-state index in [2.05, 4.69) is 15.2 Å². The average molecular weight is 358 g/mol. The predicted molar refractivity (Wildman–Crippen MR) is 102 cm³/mol. The summed E-state index contributed by atoms with van der Waals surface area (Å²) in [5, 5.41) is 8.50. The van der Waals surface area contributed by atoms with Crippen molar-refractivity contribution in [3.05, 3.63) is 88.5 Å². The monoisotopic (exact) mass is 358 g/mol. The summed E-state index contributed by atoms with van der Waals surface area (Å²) < 4.78 is 6.78. The van der Waals surface area contributed by atoms with Crippen LogP contribution in [-0.4, -0.2) is 19.9 Å². The molecule has 2 aromatic heterocycles. The van der Waals surface area contributed by atoms with E-state index in [1.807, 2.05) is 61.5 Å². The Morgan fingerprint density at radius 1 is 0.963 bits per heavy atom. The molecule has 6 nitrogen and oxygen atoms in total. The molecule has 0 aliphatic rings. The third-order valence-corrected chi connectivity index (χ3v) is 4.33. The fourth-order valence-corrected chi connectivity index (χ4v) is 2.86. The van der Waals surface area contributed by atoms with E-state index in [1.165, 1.54) is 10.7 Å². The Labute approximate surface area is 156 Å². The molecule has 0 saturated carbocycles. The van der Waals surface area contributed by atoms with Gasteiger partial charge in [-0.3, -0.25) is 4.79 Å². The number of benzene rings is 2. The topological polar surface area (TPSA) is 73.8 Å². The summed E-state index contributed by atoms with van der Waals surface area (Å²) in [5.74, 6) is 1.04. The number of nitrogens with zero attached hydrogens (tertiary/aromatic N) is 4. The summed E-state index contributed by atoms with van der Waals surface area (Å²) in [6.45, 7) is 2.37. The van der Waals surface area contributed by atoms with E-state index in [0.29, 0.717) is 24.7 Å². The summed E-state index contributed by atoms with van der Waals surface area (Å²) in [6, 6.07) is 20.9. The van der Waals surface area contributed by atoms with Crippen molar-refractivity contribution in [1.29, 1.82) is 0 Å². The molecule has 0 unspecified atom stereocenters. The highest BCUT2D eigenvalue weighted by atomic mass is 16.5. The molecule has 2 aromatic carbocycles. The van der Waals surface area contributed by atoms with Gasteiger partial charge in [-0.15, -0.1) is 0 Å². The molecule has 0 atom stereocenters. The summed E-state index contributed by atoms with van der Waals surface area (Å²) in [5.41, 5.74) is 3.58. The molecule has 6 heteroatoms. The third kappa shape index (κ3) is 3.69. The SMILES string of the molecule is Cc1ccccc1-c1noc(CCn2nc(-c3ccccc3)ccc2=O)n1. The zero-order chi connectivity index (χ0) is 18.6. The highest BCUT2D eigenvalue weighted by molar-refractivity contribution is 5.59. The first-order chi connectivity index (χ1) is 13.2. The van der Waals surface area contributed by atoms with Crippen LogP contribution in [0, 0.1) is 6.92 Å². The second-order valence-corrected chi connectivity index (χ2v) is 6.22. The number of rotatable bonds is 5. The molecule has 0 aliphatic carbocycles. The minimum Gasteiger partial charge on any atom is -0.339 e. The van der Waals surface area contributed by atoms with Crippen molar-refractivity contribution in [2.75, 3.05) is 0 Å². The molecule has 0 saturated heterocycles. The molecule has 0 radical (unpaired) electrons. The van der Waals surface area contributed by atoms with Crippen LogP contribution in [0.25, 0.3) is 22.6 Å². The van der Waals surface area contributed by atoms with Gasteiger partial charge in [0.2, 0.25) is 11.7 Å². The van der Waals surface area contributed by atoms with E-state index >= 15 is 0 Å². The van der Waals surface area contributed by atoms with Crippen molar-refractivity contribution < 1.29 is 4.52 Å². The third-order valence-electron chi connectivity index (χ3n) is 4.33. The molecule has 2 heterocycles. The molecular weight excluding hydrogens is 340 g/mol. The molecule has 0 spiro atoms. The van der Waals surface area contributed by atoms with E-state index in [9.17, 15) is 4.79 Å². The van der Waals surface area contributed by atoms with Gasteiger partial charge in [0.05, 0.1) is 12.2 Å². The quantitative estimate of drug-likeness (QED) is 0.546. The van der Waals surface area contributed by atoms with Crippen molar-refractivity contribution in [3.63, 3.8) is 0 Å². The lowest BCUT2D eigenvalue weighted by molar-refractivity contribution is 0.367. The lowest BCUT2D eigenvalue weighted by Crippen LogP contribution is -2.23. The van der Waals surface area contributed by atoms with Crippen LogP contribution in [0.1, 0.15) is 11.5 Å². The number of hydrogen-bond donors (Lipinski definition) is 0. The van der Waals surface area contributed by atoms with Crippen LogP contribution in [0.5, 0.6) is 0 Å². The molecule has 4 aromatic rings. The van der Waals surface area contributed by atoms with Gasteiger partial charge in [-0.25, -0.2) is 4.68 Å². The first kappa shape index (κ1) is 16.9. The molecule has 27 heavy (non-hydrogen) atoms. The minimum absolute atomic E-state index is 0.159. The van der Waals surface area contributed by atoms with E-state index in [-0.39, 0.29) is 5.56 Å². The van der Waals surface area contributed by atoms with Crippen molar-refractivity contribution in [2.45, 2.75) is 19.9 Å². The molecule has 0 fully saturated rings. The van der Waals surface area contributed by atoms with Crippen molar-refractivity contribution in [1.82, 2.24) is 19.9 Å². The maximum absolute atomic E-state index is 12.1. The number of hydrogen-bond acceptors (Lipinski definition) is 5. The summed E-state index contributed by atoms with van der Waals surface area (Å²) >= 11 is 0. The summed E-state index contributed by atoms with van der Waals surface area (Å²) in [6.07, 6.45) is 0.435. The van der Waals surface area contributed by atoms with Crippen LogP contribution in [-0.2, 0) is 13.0 Å². The van der Waals surface area contributed by atoms with E-state index in [4.69, 9.17) is 4.52 Å². The van der Waals surface area contributed by atoms with Crippen LogP contribution in [0.2, 0.25) is 0 Å². The van der Waals surface area contributed by atoms with Crippen LogP contribution < -0.4 is 5.56 Å². The Morgan fingerprint density at radius 2 is 1.74 bits per heavy atom. The fraction of sp³-hybridized carbons (Fsp3) is 0.143. The molecule has 134 valence electrons. The molecule has 0 aliphatic heterocycles. The van der Waals surface area contributed by atoms with Crippen molar-refractivity contribution in [3.8, 4) is 22.6 Å². The normalized spacial score (nSPS) is 10.9. The van der Waals surface area contributed by atoms with E-state index < -0.39 is 0 Å². The Hall–Kier alpha value is -3.54. The van der Waals surface area contributed by atoms with Crippen LogP contribution in [0.4, 0.5) is 0 Å². The van der Waals surface area contributed by atoms with Gasteiger partial charge in [-0.05, 0) is 18.6 Å². The largest absolute Gasteiger partial charge is 0.339 e. The smallest absolute Gasteiger partial charge is 0.266 e. The van der Waals surface area contributed by atoms with Crippen LogP contribution in [0.15, 0.2) is 76.0 Å². The molecule has 0 N–H and O–H groups in total. The van der Waals surface area contributed by atoms with E-state index in [1.54, 1.807) is 6.07 Å². The standard InChI is InChI=1S/C21H18N4O2/c1-15-7-5-6-10-17(15)21-22-19(27-24-21)13-14-25-20(26)12-11-18(23-25)16-8-3-2-4-9-16/h2-12H,13-14H2,1H3. The van der Waals surface area contributed by atoms with Crippen molar-refractivity contribution >= 4 is 0 Å². The predicted octanol–water partition coefficient (Wildman–Crippen LogP) is 3.51. The first-order valence-electron chi connectivity index (χ1n) is 8.73. The zero-order valence-corrected chi connectivity index (χ0v) is 14.9. The number of aryl methyl sites for hydroxylation is 3. The maximum atomic E-state index is 12.1. The van der Waals surface area contributed by atoms with E-state index in [0.717, 1.165) is 22.4 Å². The molecule has 0 amide bonds. The average Bonchev–Trinajstić information content (AvgIpc) is 3.17. The second-order valence-electron chi connectivity index (χ2n) is 6.22. The van der Waals surface area contributed by atoms with Gasteiger partial charge >= 0.3 is 0 Å². The van der Waals surface area contributed by atoms with Crippen LogP contribution >= 0.6 is 0 Å². The summed E-state index contributed by atoms with van der Waals surface area (Å²) in [7, 11) is 0. The van der Waals surface area contributed by atoms with Crippen LogP contribution in [0.3, 0.4) is 0 Å². The lowest BCUT2D eigenvalue weighted by atomic mass is 10.1. The van der Waals surface area contributed by atoms with Gasteiger partial charge in [0.1, 0.15) is 0 Å². The molecular formula is C21H18N4O2. The van der Waals surface area contributed by atoms with Gasteiger partial charge < -0.3 is 4.52 Å². The minimum atomic E-state index is -0.159. The molecule has 4 rings (SSSR count). The summed E-state index contributed by atoms with van der Waals surface area (Å²) in [4.78, 5) is 16.6. The Balaban J connectivity index is 1.53. The first-order valence-corrected chi connectivity index (χ1v) is 8.73. The second kappa shape index (κ2) is 7.37. The number of aromatic nitrogens is 4. The Kier molecular flexibility index (Phi) is 4.61. The van der Waals surface area contributed by atoms with Gasteiger partial charge in [-0.2, -0.15) is 10.1 Å². The highest BCUT2D eigenvalue weighted by Gasteiger charge is 2.11. The van der Waals surface area contributed by atoms with Gasteiger partial charge in [-0.1, -0.05) is 59.8 Å². The van der Waals surface area contributed by atoms with Crippen molar-refractivity contribution in [2.24, 2.45) is 0 Å².